The van der Waals surface area contributed by atoms with Crippen LogP contribution in [-0.2, 0) is 20.8 Å². The topological polar surface area (TPSA) is 84.9 Å². The smallest absolute Gasteiger partial charge is 0.240 e. The Morgan fingerprint density at radius 3 is 2.50 bits per heavy atom. The van der Waals surface area contributed by atoms with Gasteiger partial charge in [0.1, 0.15) is 6.54 Å². The van der Waals surface area contributed by atoms with E-state index in [4.69, 9.17) is 9.47 Å². The quantitative estimate of drug-likeness (QED) is 0.629. The highest BCUT2D eigenvalue weighted by atomic mass is 16.7. The Hall–Kier alpha value is -2.83. The van der Waals surface area contributed by atoms with Crippen molar-refractivity contribution < 1.29 is 23.9 Å². The molecule has 7 nitrogen and oxygen atoms in total. The average Bonchev–Trinajstić information content (AvgIpc) is 3.21. The standard InChI is InChI=1S/C19H20N2O5/c22-17(10-21-18(23)13-3-1-2-4-14(13)19(21)24)20-8-7-12-5-6-15-16(9-12)26-11-25-15/h1-2,5-6,9,13-14H,3-4,7-8,10-11H2,(H,20,22)/t13-,14-/m1/s1. The summed E-state index contributed by atoms with van der Waals surface area (Å²) in [7, 11) is 0. The summed E-state index contributed by atoms with van der Waals surface area (Å²) < 4.78 is 10.6. The molecule has 2 heterocycles. The lowest BCUT2D eigenvalue weighted by atomic mass is 9.85. The summed E-state index contributed by atoms with van der Waals surface area (Å²) in [5, 5.41) is 2.78. The minimum atomic E-state index is -0.320. The van der Waals surface area contributed by atoms with E-state index in [9.17, 15) is 14.4 Å². The molecule has 0 saturated carbocycles. The minimum absolute atomic E-state index is 0.203. The average molecular weight is 356 g/mol. The van der Waals surface area contributed by atoms with Crippen LogP contribution >= 0.6 is 0 Å². The number of carbonyl (C=O) groups is 3. The van der Waals surface area contributed by atoms with E-state index in [2.05, 4.69) is 5.32 Å². The molecule has 3 amide bonds. The molecule has 0 bridgehead atoms. The zero-order chi connectivity index (χ0) is 18.1. The maximum Gasteiger partial charge on any atom is 0.240 e. The number of allylic oxidation sites excluding steroid dienone is 2. The predicted molar refractivity (Wildman–Crippen MR) is 91.4 cm³/mol. The van der Waals surface area contributed by atoms with Gasteiger partial charge in [0.05, 0.1) is 11.8 Å². The summed E-state index contributed by atoms with van der Waals surface area (Å²) in [5.41, 5.74) is 1.01. The second-order valence-corrected chi connectivity index (χ2v) is 6.71. The lowest BCUT2D eigenvalue weighted by molar-refractivity contribution is -0.143. The molecule has 0 radical (unpaired) electrons. The van der Waals surface area contributed by atoms with Crippen molar-refractivity contribution in [2.24, 2.45) is 11.8 Å². The molecular formula is C19H20N2O5. The Balaban J connectivity index is 1.28. The van der Waals surface area contributed by atoms with Crippen LogP contribution < -0.4 is 14.8 Å². The van der Waals surface area contributed by atoms with Crippen molar-refractivity contribution in [3.05, 3.63) is 35.9 Å². The first-order valence-electron chi connectivity index (χ1n) is 8.79. The van der Waals surface area contributed by atoms with Crippen LogP contribution in [0.1, 0.15) is 18.4 Å². The molecule has 26 heavy (non-hydrogen) atoms. The van der Waals surface area contributed by atoms with E-state index >= 15 is 0 Å². The van der Waals surface area contributed by atoms with Gasteiger partial charge in [-0.05, 0) is 37.0 Å². The number of nitrogens with zero attached hydrogens (tertiary/aromatic N) is 1. The molecule has 4 rings (SSSR count). The highest BCUT2D eigenvalue weighted by Gasteiger charge is 2.47. The van der Waals surface area contributed by atoms with Crippen molar-refractivity contribution in [1.29, 1.82) is 0 Å². The number of benzene rings is 1. The van der Waals surface area contributed by atoms with Gasteiger partial charge < -0.3 is 14.8 Å². The van der Waals surface area contributed by atoms with E-state index in [1.54, 1.807) is 0 Å². The van der Waals surface area contributed by atoms with Gasteiger partial charge in [0.2, 0.25) is 24.5 Å². The molecule has 1 saturated heterocycles. The third kappa shape index (κ3) is 3.05. The maximum atomic E-state index is 12.4. The van der Waals surface area contributed by atoms with Gasteiger partial charge in [-0.1, -0.05) is 18.2 Å². The van der Waals surface area contributed by atoms with Crippen molar-refractivity contribution >= 4 is 17.7 Å². The van der Waals surface area contributed by atoms with Crippen molar-refractivity contribution in [1.82, 2.24) is 10.2 Å². The first-order valence-corrected chi connectivity index (χ1v) is 8.79. The minimum Gasteiger partial charge on any atom is -0.454 e. The zero-order valence-electron chi connectivity index (χ0n) is 14.3. The molecule has 1 aliphatic carbocycles. The number of likely N-dealkylation sites (tertiary alicyclic amines) is 1. The second kappa shape index (κ2) is 6.82. The molecule has 1 fully saturated rings. The summed E-state index contributed by atoms with van der Waals surface area (Å²) >= 11 is 0. The number of imide groups is 1. The van der Waals surface area contributed by atoms with Crippen LogP contribution in [0.2, 0.25) is 0 Å². The van der Waals surface area contributed by atoms with Gasteiger partial charge in [-0.2, -0.15) is 0 Å². The number of rotatable bonds is 5. The van der Waals surface area contributed by atoms with Crippen LogP contribution in [0.3, 0.4) is 0 Å². The Morgan fingerprint density at radius 1 is 1.08 bits per heavy atom. The van der Waals surface area contributed by atoms with Gasteiger partial charge in [-0.3, -0.25) is 19.3 Å². The Morgan fingerprint density at radius 2 is 1.77 bits per heavy atom. The van der Waals surface area contributed by atoms with E-state index in [-0.39, 0.29) is 42.9 Å². The van der Waals surface area contributed by atoms with E-state index in [1.165, 1.54) is 0 Å². The summed E-state index contributed by atoms with van der Waals surface area (Å²) in [5.74, 6) is 0.0607. The van der Waals surface area contributed by atoms with Gasteiger partial charge in [0, 0.05) is 6.54 Å². The Bertz CT molecular complexity index is 762. The highest BCUT2D eigenvalue weighted by molar-refractivity contribution is 6.07. The number of ether oxygens (including phenoxy) is 2. The summed E-state index contributed by atoms with van der Waals surface area (Å²) in [4.78, 5) is 38.0. The summed E-state index contributed by atoms with van der Waals surface area (Å²) in [6, 6.07) is 5.65. The number of hydrogen-bond acceptors (Lipinski definition) is 5. The normalized spacial score (nSPS) is 23.3. The SMILES string of the molecule is O=C(CN1C(=O)[C@@H]2CC=CC[C@H]2C1=O)NCCc1ccc2c(c1)OCO2. The van der Waals surface area contributed by atoms with E-state index in [0.29, 0.717) is 31.6 Å². The molecular weight excluding hydrogens is 336 g/mol. The molecule has 0 aromatic heterocycles. The lowest BCUT2D eigenvalue weighted by Crippen LogP contribution is -2.41. The molecule has 0 spiro atoms. The number of carbonyl (C=O) groups excluding carboxylic acids is 3. The van der Waals surface area contributed by atoms with Gasteiger partial charge >= 0.3 is 0 Å². The van der Waals surface area contributed by atoms with Crippen LogP contribution in [0.4, 0.5) is 0 Å². The molecule has 1 aromatic carbocycles. The molecule has 136 valence electrons. The number of hydrogen-bond donors (Lipinski definition) is 1. The molecule has 1 N–H and O–H groups in total. The Kier molecular flexibility index (Phi) is 4.36. The van der Waals surface area contributed by atoms with Gasteiger partial charge in [0.25, 0.3) is 0 Å². The Labute approximate surface area is 150 Å². The second-order valence-electron chi connectivity index (χ2n) is 6.71. The first kappa shape index (κ1) is 16.6. The fraction of sp³-hybridized carbons (Fsp3) is 0.421. The molecule has 0 unspecified atom stereocenters. The molecule has 3 aliphatic rings. The maximum absolute atomic E-state index is 12.4. The van der Waals surface area contributed by atoms with Gasteiger partial charge in [-0.25, -0.2) is 0 Å². The van der Waals surface area contributed by atoms with Crippen molar-refractivity contribution in [2.45, 2.75) is 19.3 Å². The lowest BCUT2D eigenvalue weighted by Gasteiger charge is -2.14. The monoisotopic (exact) mass is 356 g/mol. The number of amides is 3. The van der Waals surface area contributed by atoms with Crippen molar-refractivity contribution in [2.75, 3.05) is 19.9 Å². The summed E-state index contributed by atoms with van der Waals surface area (Å²) in [6.07, 6.45) is 5.65. The fourth-order valence-electron chi connectivity index (χ4n) is 3.67. The molecule has 2 aliphatic heterocycles. The highest BCUT2D eigenvalue weighted by Crippen LogP contribution is 2.35. The van der Waals surface area contributed by atoms with Crippen LogP contribution in [0.5, 0.6) is 11.5 Å². The van der Waals surface area contributed by atoms with Crippen molar-refractivity contribution in [3.8, 4) is 11.5 Å². The fourth-order valence-corrected chi connectivity index (χ4v) is 3.67. The number of fused-ring (bicyclic) bond motifs is 2. The van der Waals surface area contributed by atoms with Gasteiger partial charge in [0.15, 0.2) is 11.5 Å². The largest absolute Gasteiger partial charge is 0.454 e. The van der Waals surface area contributed by atoms with Crippen LogP contribution in [0, 0.1) is 11.8 Å². The summed E-state index contributed by atoms with van der Waals surface area (Å²) in [6.45, 7) is 0.444. The molecule has 1 aromatic rings. The number of nitrogens with one attached hydrogen (secondary N) is 1. The van der Waals surface area contributed by atoms with E-state index in [1.807, 2.05) is 30.4 Å². The first-order chi connectivity index (χ1) is 12.6. The van der Waals surface area contributed by atoms with Crippen molar-refractivity contribution in [3.63, 3.8) is 0 Å². The van der Waals surface area contributed by atoms with E-state index < -0.39 is 0 Å². The van der Waals surface area contributed by atoms with Crippen LogP contribution in [0.25, 0.3) is 0 Å². The van der Waals surface area contributed by atoms with Crippen LogP contribution in [0.15, 0.2) is 30.4 Å². The third-order valence-corrected chi connectivity index (χ3v) is 5.07. The zero-order valence-corrected chi connectivity index (χ0v) is 14.3. The molecule has 7 heteroatoms. The van der Waals surface area contributed by atoms with Crippen LogP contribution in [-0.4, -0.2) is 42.5 Å². The molecule has 2 atom stereocenters. The van der Waals surface area contributed by atoms with Gasteiger partial charge in [-0.15, -0.1) is 0 Å². The predicted octanol–water partition coefficient (Wildman–Crippen LogP) is 1.03. The van der Waals surface area contributed by atoms with E-state index in [0.717, 1.165) is 16.2 Å². The third-order valence-electron chi connectivity index (χ3n) is 5.07.